The number of hydrogen-bond donors (Lipinski definition) is 2. The Balaban J connectivity index is 3.91. The molecule has 0 bridgehead atoms. The van der Waals surface area contributed by atoms with E-state index >= 15 is 0 Å². The third-order valence-electron chi connectivity index (χ3n) is 2.53. The van der Waals surface area contributed by atoms with Crippen molar-refractivity contribution in [3.05, 3.63) is 0 Å². The van der Waals surface area contributed by atoms with E-state index in [0.717, 1.165) is 12.8 Å². The second-order valence-electron chi connectivity index (χ2n) is 4.63. The normalized spacial score (nSPS) is 18.7. The summed E-state index contributed by atoms with van der Waals surface area (Å²) in [6.07, 6.45) is 1.58. The molecule has 3 unspecified atom stereocenters. The summed E-state index contributed by atoms with van der Waals surface area (Å²) in [7, 11) is 0. The number of aliphatic hydroxyl groups is 2. The molecule has 0 radical (unpaired) electrons. The molecule has 0 aromatic carbocycles. The van der Waals surface area contributed by atoms with Crippen LogP contribution in [0.25, 0.3) is 0 Å². The predicted octanol–water partition coefficient (Wildman–Crippen LogP) is 2.05. The Morgan fingerprint density at radius 2 is 1.54 bits per heavy atom. The molecular formula is C11H24O2. The van der Waals surface area contributed by atoms with Crippen molar-refractivity contribution >= 4 is 0 Å². The zero-order chi connectivity index (χ0) is 10.4. The predicted molar refractivity (Wildman–Crippen MR) is 55.5 cm³/mol. The number of aliphatic hydroxyl groups excluding tert-OH is 2. The lowest BCUT2D eigenvalue weighted by Crippen LogP contribution is -2.21. The molecule has 0 aliphatic carbocycles. The van der Waals surface area contributed by atoms with Gasteiger partial charge in [0.05, 0.1) is 6.10 Å². The number of rotatable bonds is 6. The molecule has 2 N–H and O–H groups in total. The second-order valence-corrected chi connectivity index (χ2v) is 4.63. The molecule has 0 aliphatic rings. The van der Waals surface area contributed by atoms with Crippen molar-refractivity contribution in [2.45, 2.75) is 46.6 Å². The van der Waals surface area contributed by atoms with Crippen LogP contribution in [0.5, 0.6) is 0 Å². The van der Waals surface area contributed by atoms with Crippen LogP contribution in [0.15, 0.2) is 0 Å². The molecule has 0 aromatic heterocycles. The molecule has 80 valence electrons. The van der Waals surface area contributed by atoms with E-state index in [4.69, 9.17) is 0 Å². The SMILES string of the molecule is CC(C)CC(CO)C(C)CC(C)O. The van der Waals surface area contributed by atoms with E-state index in [1.807, 2.05) is 0 Å². The highest BCUT2D eigenvalue weighted by atomic mass is 16.3. The molecule has 0 rings (SSSR count). The molecule has 0 amide bonds. The van der Waals surface area contributed by atoms with E-state index in [1.165, 1.54) is 0 Å². The van der Waals surface area contributed by atoms with Crippen LogP contribution >= 0.6 is 0 Å². The van der Waals surface area contributed by atoms with Crippen molar-refractivity contribution in [3.63, 3.8) is 0 Å². The van der Waals surface area contributed by atoms with E-state index < -0.39 is 0 Å². The molecule has 0 aliphatic heterocycles. The molecule has 0 saturated carbocycles. The molecule has 3 atom stereocenters. The highest BCUT2D eigenvalue weighted by Crippen LogP contribution is 2.23. The second kappa shape index (κ2) is 6.39. The van der Waals surface area contributed by atoms with Gasteiger partial charge in [0.1, 0.15) is 0 Å². The van der Waals surface area contributed by atoms with Gasteiger partial charge in [-0.25, -0.2) is 0 Å². The van der Waals surface area contributed by atoms with Crippen LogP contribution in [-0.2, 0) is 0 Å². The van der Waals surface area contributed by atoms with Crippen LogP contribution in [0.2, 0.25) is 0 Å². The van der Waals surface area contributed by atoms with Crippen molar-refractivity contribution < 1.29 is 10.2 Å². The van der Waals surface area contributed by atoms with Crippen LogP contribution in [0.4, 0.5) is 0 Å². The smallest absolute Gasteiger partial charge is 0.0514 e. The summed E-state index contributed by atoms with van der Waals surface area (Å²) in [6, 6.07) is 0. The third-order valence-corrected chi connectivity index (χ3v) is 2.53. The Morgan fingerprint density at radius 1 is 1.00 bits per heavy atom. The first-order valence-corrected chi connectivity index (χ1v) is 5.26. The zero-order valence-corrected chi connectivity index (χ0v) is 9.33. The van der Waals surface area contributed by atoms with Gasteiger partial charge in [0.15, 0.2) is 0 Å². The summed E-state index contributed by atoms with van der Waals surface area (Å²) < 4.78 is 0. The quantitative estimate of drug-likeness (QED) is 0.669. The molecular weight excluding hydrogens is 164 g/mol. The monoisotopic (exact) mass is 188 g/mol. The maximum atomic E-state index is 9.22. The molecule has 0 heterocycles. The van der Waals surface area contributed by atoms with Crippen molar-refractivity contribution in [2.24, 2.45) is 17.8 Å². The van der Waals surface area contributed by atoms with Gasteiger partial charge in [-0.15, -0.1) is 0 Å². The summed E-state index contributed by atoms with van der Waals surface area (Å²) >= 11 is 0. The largest absolute Gasteiger partial charge is 0.396 e. The first-order valence-electron chi connectivity index (χ1n) is 5.26. The van der Waals surface area contributed by atoms with E-state index in [2.05, 4.69) is 20.8 Å². The first-order chi connectivity index (χ1) is 5.97. The van der Waals surface area contributed by atoms with E-state index in [-0.39, 0.29) is 12.7 Å². The van der Waals surface area contributed by atoms with Crippen molar-refractivity contribution in [3.8, 4) is 0 Å². The Labute approximate surface area is 82.0 Å². The topological polar surface area (TPSA) is 40.5 Å². The summed E-state index contributed by atoms with van der Waals surface area (Å²) in [5, 5.41) is 18.4. The molecule has 0 aromatic rings. The Bertz CT molecular complexity index is 121. The van der Waals surface area contributed by atoms with E-state index in [0.29, 0.717) is 17.8 Å². The lowest BCUT2D eigenvalue weighted by atomic mass is 9.84. The van der Waals surface area contributed by atoms with Gasteiger partial charge in [-0.3, -0.25) is 0 Å². The van der Waals surface area contributed by atoms with Crippen LogP contribution in [0, 0.1) is 17.8 Å². The average molecular weight is 188 g/mol. The molecule has 0 spiro atoms. The average Bonchev–Trinajstić information content (AvgIpc) is 1.98. The fraction of sp³-hybridized carbons (Fsp3) is 1.00. The Hall–Kier alpha value is -0.0800. The summed E-state index contributed by atoms with van der Waals surface area (Å²) in [4.78, 5) is 0. The zero-order valence-electron chi connectivity index (χ0n) is 9.33. The van der Waals surface area contributed by atoms with Gasteiger partial charge >= 0.3 is 0 Å². The minimum absolute atomic E-state index is 0.242. The number of hydrogen-bond acceptors (Lipinski definition) is 2. The lowest BCUT2D eigenvalue weighted by Gasteiger charge is -2.24. The van der Waals surface area contributed by atoms with E-state index in [9.17, 15) is 10.2 Å². The summed E-state index contributed by atoms with van der Waals surface area (Å²) in [5.74, 6) is 1.37. The van der Waals surface area contributed by atoms with Gasteiger partial charge in [-0.05, 0) is 37.5 Å². The van der Waals surface area contributed by atoms with Crippen molar-refractivity contribution in [2.75, 3.05) is 6.61 Å². The minimum Gasteiger partial charge on any atom is -0.396 e. The molecule has 0 fully saturated rings. The minimum atomic E-state index is -0.254. The van der Waals surface area contributed by atoms with Crippen molar-refractivity contribution in [1.29, 1.82) is 0 Å². The molecule has 2 heteroatoms. The molecule has 13 heavy (non-hydrogen) atoms. The Kier molecular flexibility index (Phi) is 6.35. The maximum Gasteiger partial charge on any atom is 0.0514 e. The maximum absolute atomic E-state index is 9.22. The van der Waals surface area contributed by atoms with Crippen molar-refractivity contribution in [1.82, 2.24) is 0 Å². The Morgan fingerprint density at radius 3 is 1.85 bits per heavy atom. The lowest BCUT2D eigenvalue weighted by molar-refractivity contribution is 0.107. The third kappa shape index (κ3) is 6.05. The standard InChI is InChI=1S/C11H24O2/c1-8(2)5-11(7-12)9(3)6-10(4)13/h8-13H,5-7H2,1-4H3. The molecule has 2 nitrogen and oxygen atoms in total. The fourth-order valence-electron chi connectivity index (χ4n) is 1.82. The molecule has 0 saturated heterocycles. The van der Waals surface area contributed by atoms with Gasteiger partial charge in [0.25, 0.3) is 0 Å². The fourth-order valence-corrected chi connectivity index (χ4v) is 1.82. The van der Waals surface area contributed by atoms with Gasteiger partial charge in [-0.2, -0.15) is 0 Å². The van der Waals surface area contributed by atoms with E-state index in [1.54, 1.807) is 6.92 Å². The van der Waals surface area contributed by atoms with Gasteiger partial charge in [0, 0.05) is 6.61 Å². The highest BCUT2D eigenvalue weighted by molar-refractivity contribution is 4.69. The van der Waals surface area contributed by atoms with Crippen LogP contribution in [-0.4, -0.2) is 22.9 Å². The van der Waals surface area contributed by atoms with Gasteiger partial charge < -0.3 is 10.2 Å². The van der Waals surface area contributed by atoms with Gasteiger partial charge in [-0.1, -0.05) is 20.8 Å². The van der Waals surface area contributed by atoms with Crippen LogP contribution in [0.1, 0.15) is 40.5 Å². The van der Waals surface area contributed by atoms with Crippen LogP contribution in [0.3, 0.4) is 0 Å². The summed E-state index contributed by atoms with van der Waals surface area (Å²) in [6.45, 7) is 8.48. The first kappa shape index (κ1) is 12.9. The highest BCUT2D eigenvalue weighted by Gasteiger charge is 2.18. The summed E-state index contributed by atoms with van der Waals surface area (Å²) in [5.41, 5.74) is 0. The van der Waals surface area contributed by atoms with Gasteiger partial charge in [0.2, 0.25) is 0 Å². The van der Waals surface area contributed by atoms with Crippen LogP contribution < -0.4 is 0 Å².